The van der Waals surface area contributed by atoms with Crippen LogP contribution in [0.4, 0.5) is 4.39 Å². The Labute approximate surface area is 162 Å². The van der Waals surface area contributed by atoms with Crippen molar-refractivity contribution in [2.45, 2.75) is 6.61 Å². The van der Waals surface area contributed by atoms with Crippen molar-refractivity contribution in [3.8, 4) is 10.6 Å². The summed E-state index contributed by atoms with van der Waals surface area (Å²) in [7, 11) is 0. The van der Waals surface area contributed by atoms with Gasteiger partial charge in [0.05, 0.1) is 15.9 Å². The van der Waals surface area contributed by atoms with Gasteiger partial charge in [-0.3, -0.25) is 0 Å². The maximum absolute atomic E-state index is 13.0. The van der Waals surface area contributed by atoms with Crippen LogP contribution in [0.2, 0.25) is 0 Å². The Hall–Kier alpha value is -2.90. The van der Waals surface area contributed by atoms with Crippen LogP contribution in [0.3, 0.4) is 0 Å². The van der Waals surface area contributed by atoms with Crippen LogP contribution >= 0.6 is 22.7 Å². The van der Waals surface area contributed by atoms with Crippen LogP contribution in [0.1, 0.15) is 10.7 Å². The van der Waals surface area contributed by atoms with Crippen molar-refractivity contribution in [3.05, 3.63) is 76.5 Å². The van der Waals surface area contributed by atoms with E-state index in [1.54, 1.807) is 18.2 Å². The zero-order valence-corrected chi connectivity index (χ0v) is 15.6. The monoisotopic (exact) mass is 396 g/mol. The molecule has 7 heteroatoms. The normalized spacial score (nSPS) is 11.3. The number of esters is 1. The highest BCUT2D eigenvalue weighted by Crippen LogP contribution is 2.24. The van der Waals surface area contributed by atoms with Gasteiger partial charge in [0.25, 0.3) is 0 Å². The van der Waals surface area contributed by atoms with Crippen molar-refractivity contribution in [1.82, 2.24) is 9.97 Å². The third kappa shape index (κ3) is 4.27. The molecular formula is C20H13FN2O2S2. The third-order valence-electron chi connectivity index (χ3n) is 3.68. The first-order valence-electron chi connectivity index (χ1n) is 8.08. The van der Waals surface area contributed by atoms with Crippen molar-refractivity contribution in [2.75, 3.05) is 0 Å². The summed E-state index contributed by atoms with van der Waals surface area (Å²) in [6, 6.07) is 13.9. The Kier molecular flexibility index (Phi) is 5.04. The fourth-order valence-corrected chi connectivity index (χ4v) is 4.07. The Morgan fingerprint density at radius 2 is 1.93 bits per heavy atom. The predicted octanol–water partition coefficient (Wildman–Crippen LogP) is 5.32. The highest BCUT2D eigenvalue weighted by Gasteiger charge is 2.07. The number of fused-ring (bicyclic) bond motifs is 1. The Bertz CT molecular complexity index is 1080. The van der Waals surface area contributed by atoms with E-state index in [0.717, 1.165) is 25.8 Å². The van der Waals surface area contributed by atoms with E-state index in [1.165, 1.54) is 40.9 Å². The number of benzene rings is 2. The molecule has 0 atom stereocenters. The molecule has 0 aliphatic heterocycles. The molecule has 2 aromatic carbocycles. The third-order valence-corrected chi connectivity index (χ3v) is 5.62. The van der Waals surface area contributed by atoms with E-state index in [4.69, 9.17) is 4.74 Å². The maximum atomic E-state index is 13.0. The number of ether oxygens (including phenoxy) is 1. The molecule has 0 radical (unpaired) electrons. The molecule has 4 aromatic rings. The van der Waals surface area contributed by atoms with Gasteiger partial charge in [0, 0.05) is 17.0 Å². The number of aromatic nitrogens is 2. The molecule has 4 rings (SSSR count). The van der Waals surface area contributed by atoms with Crippen LogP contribution in [0.5, 0.6) is 0 Å². The highest BCUT2D eigenvalue weighted by molar-refractivity contribution is 7.19. The van der Waals surface area contributed by atoms with Crippen LogP contribution in [0, 0.1) is 5.82 Å². The van der Waals surface area contributed by atoms with E-state index in [-0.39, 0.29) is 12.4 Å². The van der Waals surface area contributed by atoms with Crippen molar-refractivity contribution in [1.29, 1.82) is 0 Å². The smallest absolute Gasteiger partial charge is 0.331 e. The number of rotatable bonds is 5. The summed E-state index contributed by atoms with van der Waals surface area (Å²) in [5.41, 5.74) is 2.39. The van der Waals surface area contributed by atoms with E-state index in [1.807, 2.05) is 29.6 Å². The second-order valence-electron chi connectivity index (χ2n) is 5.61. The predicted molar refractivity (Wildman–Crippen MR) is 106 cm³/mol. The second-order valence-corrected chi connectivity index (χ2v) is 7.53. The number of carbonyl (C=O) groups excluding carboxylic acids is 1. The summed E-state index contributed by atoms with van der Waals surface area (Å²) in [5, 5.41) is 3.33. The number of para-hydroxylation sites is 1. The second kappa shape index (κ2) is 7.77. The SMILES string of the molecule is O=C(C=Cc1nc2ccccc2s1)OCc1csc(-c2ccc(F)cc2)n1. The Morgan fingerprint density at radius 1 is 1.11 bits per heavy atom. The van der Waals surface area contributed by atoms with E-state index < -0.39 is 5.97 Å². The van der Waals surface area contributed by atoms with Gasteiger partial charge in [0.2, 0.25) is 0 Å². The molecule has 134 valence electrons. The van der Waals surface area contributed by atoms with Crippen LogP contribution in [-0.4, -0.2) is 15.9 Å². The summed E-state index contributed by atoms with van der Waals surface area (Å²) >= 11 is 2.93. The van der Waals surface area contributed by atoms with Gasteiger partial charge in [-0.05, 0) is 42.5 Å². The van der Waals surface area contributed by atoms with Crippen LogP contribution in [0.15, 0.2) is 60.0 Å². The molecule has 0 saturated heterocycles. The van der Waals surface area contributed by atoms with E-state index in [9.17, 15) is 9.18 Å². The number of thiazole rings is 2. The van der Waals surface area contributed by atoms with Gasteiger partial charge in [-0.15, -0.1) is 22.7 Å². The Morgan fingerprint density at radius 3 is 2.74 bits per heavy atom. The molecule has 0 amide bonds. The van der Waals surface area contributed by atoms with Gasteiger partial charge in [0.1, 0.15) is 22.4 Å². The number of carbonyl (C=O) groups is 1. The van der Waals surface area contributed by atoms with Crippen molar-refractivity contribution in [3.63, 3.8) is 0 Å². The summed E-state index contributed by atoms with van der Waals surface area (Å²) in [5.74, 6) is -0.741. The number of hydrogen-bond acceptors (Lipinski definition) is 6. The van der Waals surface area contributed by atoms with E-state index in [2.05, 4.69) is 9.97 Å². The average Bonchev–Trinajstić information content (AvgIpc) is 3.32. The number of hydrogen-bond donors (Lipinski definition) is 0. The zero-order chi connectivity index (χ0) is 18.6. The van der Waals surface area contributed by atoms with Gasteiger partial charge >= 0.3 is 5.97 Å². The first-order valence-corrected chi connectivity index (χ1v) is 9.78. The standard InChI is InChI=1S/C20H13FN2O2S2/c21-14-7-5-13(6-8-14)20-22-15(12-26-20)11-25-19(24)10-9-18-23-16-3-1-2-4-17(16)27-18/h1-10,12H,11H2. The number of halogens is 1. The average molecular weight is 396 g/mol. The molecule has 2 heterocycles. The molecule has 0 saturated carbocycles. The molecular weight excluding hydrogens is 383 g/mol. The molecule has 0 fully saturated rings. The number of nitrogens with zero attached hydrogens (tertiary/aromatic N) is 2. The van der Waals surface area contributed by atoms with Crippen LogP contribution in [-0.2, 0) is 16.1 Å². The van der Waals surface area contributed by atoms with Gasteiger partial charge in [0.15, 0.2) is 0 Å². The molecule has 2 aromatic heterocycles. The first-order chi connectivity index (χ1) is 13.2. The van der Waals surface area contributed by atoms with Crippen LogP contribution < -0.4 is 0 Å². The van der Waals surface area contributed by atoms with Crippen molar-refractivity contribution in [2.24, 2.45) is 0 Å². The van der Waals surface area contributed by atoms with Gasteiger partial charge in [-0.1, -0.05) is 12.1 Å². The lowest BCUT2D eigenvalue weighted by Gasteiger charge is -1.98. The molecule has 27 heavy (non-hydrogen) atoms. The summed E-state index contributed by atoms with van der Waals surface area (Å²) < 4.78 is 19.3. The lowest BCUT2D eigenvalue weighted by molar-refractivity contribution is -0.139. The molecule has 0 aliphatic rings. The summed E-state index contributed by atoms with van der Waals surface area (Å²) in [4.78, 5) is 20.8. The molecule has 0 spiro atoms. The molecule has 0 N–H and O–H groups in total. The van der Waals surface area contributed by atoms with Crippen molar-refractivity contribution < 1.29 is 13.9 Å². The van der Waals surface area contributed by atoms with Gasteiger partial charge < -0.3 is 4.74 Å². The fraction of sp³-hybridized carbons (Fsp3) is 0.0500. The quantitative estimate of drug-likeness (QED) is 0.339. The highest BCUT2D eigenvalue weighted by atomic mass is 32.1. The minimum absolute atomic E-state index is 0.0840. The Balaban J connectivity index is 1.35. The maximum Gasteiger partial charge on any atom is 0.331 e. The largest absolute Gasteiger partial charge is 0.456 e. The van der Waals surface area contributed by atoms with Crippen LogP contribution in [0.25, 0.3) is 26.9 Å². The molecule has 0 aliphatic carbocycles. The molecule has 0 unspecified atom stereocenters. The lowest BCUT2D eigenvalue weighted by Crippen LogP contribution is -2.00. The van der Waals surface area contributed by atoms with Crippen molar-refractivity contribution >= 4 is 44.9 Å². The minimum Gasteiger partial charge on any atom is -0.456 e. The molecule has 0 bridgehead atoms. The first kappa shape index (κ1) is 17.5. The summed E-state index contributed by atoms with van der Waals surface area (Å²) in [6.45, 7) is 0.0840. The van der Waals surface area contributed by atoms with E-state index >= 15 is 0 Å². The molecule has 4 nitrogen and oxygen atoms in total. The topological polar surface area (TPSA) is 52.1 Å². The minimum atomic E-state index is -0.453. The van der Waals surface area contributed by atoms with Gasteiger partial charge in [-0.2, -0.15) is 0 Å². The lowest BCUT2D eigenvalue weighted by atomic mass is 10.2. The summed E-state index contributed by atoms with van der Waals surface area (Å²) in [6.07, 6.45) is 3.02. The zero-order valence-electron chi connectivity index (χ0n) is 14.0. The fourth-order valence-electron chi connectivity index (χ4n) is 2.39. The van der Waals surface area contributed by atoms with Gasteiger partial charge in [-0.25, -0.2) is 19.2 Å². The van der Waals surface area contributed by atoms with E-state index in [0.29, 0.717) is 5.69 Å².